The Morgan fingerprint density at radius 3 is 2.00 bits per heavy atom. The lowest BCUT2D eigenvalue weighted by molar-refractivity contribution is -0.136. The molecule has 0 saturated carbocycles. The minimum Gasteiger partial charge on any atom is -0.497 e. The number of methoxy groups -OCH3 is 1. The van der Waals surface area contributed by atoms with Gasteiger partial charge in [-0.25, -0.2) is 4.98 Å². The largest absolute Gasteiger partial charge is 0.497 e. The lowest BCUT2D eigenvalue weighted by Crippen LogP contribution is -2.06. The third-order valence-electron chi connectivity index (χ3n) is 2.84. The second-order valence-electron chi connectivity index (χ2n) is 4.77. The van der Waals surface area contributed by atoms with Crippen LogP contribution in [0.15, 0.2) is 77.7 Å². The molecule has 3 rings (SSSR count). The molecule has 0 aliphatic rings. The van der Waals surface area contributed by atoms with Crippen LogP contribution in [0.5, 0.6) is 5.75 Å². The molecule has 6 heteroatoms. The first kappa shape index (κ1) is 20.3. The van der Waals surface area contributed by atoms with E-state index in [1.165, 1.54) is 13.3 Å². The van der Waals surface area contributed by atoms with Crippen LogP contribution in [-0.2, 0) is 4.79 Å². The quantitative estimate of drug-likeness (QED) is 0.677. The van der Waals surface area contributed by atoms with E-state index in [-0.39, 0.29) is 0 Å². The highest BCUT2D eigenvalue weighted by Crippen LogP contribution is 2.14. The van der Waals surface area contributed by atoms with Crippen LogP contribution in [0.3, 0.4) is 0 Å². The lowest BCUT2D eigenvalue weighted by Gasteiger charge is -1.93. The lowest BCUT2D eigenvalue weighted by atomic mass is 10.2. The molecule has 2 aromatic carbocycles. The summed E-state index contributed by atoms with van der Waals surface area (Å²) < 4.78 is 9.77. The fourth-order valence-electron chi connectivity index (χ4n) is 1.52. The highest BCUT2D eigenvalue weighted by Gasteiger charge is 2.00. The summed E-state index contributed by atoms with van der Waals surface area (Å²) in [7, 11) is 1.66. The monoisotopic (exact) mass is 359 g/mol. The van der Waals surface area contributed by atoms with Gasteiger partial charge >= 0.3 is 5.97 Å². The first-order chi connectivity index (χ1) is 12.0. The van der Waals surface area contributed by atoms with Crippen molar-refractivity contribution in [3.8, 4) is 17.0 Å². The van der Waals surface area contributed by atoms with Crippen molar-refractivity contribution in [3.05, 3.63) is 73.3 Å². The van der Waals surface area contributed by atoms with Crippen LogP contribution in [0.4, 0.5) is 0 Å². The van der Waals surface area contributed by atoms with Gasteiger partial charge in [0.1, 0.15) is 17.7 Å². The molecule has 25 heavy (non-hydrogen) atoms. The zero-order valence-electron chi connectivity index (χ0n) is 14.1. The van der Waals surface area contributed by atoms with Gasteiger partial charge < -0.3 is 14.3 Å². The number of aromatic nitrogens is 1. The number of hydrogen-bond acceptors (Lipinski definition) is 5. The summed E-state index contributed by atoms with van der Waals surface area (Å²) in [6.07, 6.45) is 3.07. The van der Waals surface area contributed by atoms with Gasteiger partial charge in [0.15, 0.2) is 6.39 Å². The van der Waals surface area contributed by atoms with Crippen molar-refractivity contribution in [2.75, 3.05) is 7.11 Å². The molecule has 0 fully saturated rings. The number of para-hydroxylation sites is 1. The van der Waals surface area contributed by atoms with Gasteiger partial charge in [0, 0.05) is 5.56 Å². The molecule has 1 heterocycles. The SMILES string of the molecule is CC(S)C(=O)O.COc1ccccc1.c1ccc(-c2cocn2)cc1. The smallest absolute Gasteiger partial charge is 0.316 e. The minimum atomic E-state index is -0.877. The van der Waals surface area contributed by atoms with E-state index < -0.39 is 11.2 Å². The van der Waals surface area contributed by atoms with Crippen LogP contribution in [0, 0.1) is 0 Å². The van der Waals surface area contributed by atoms with Gasteiger partial charge in [-0.2, -0.15) is 12.6 Å². The molecule has 5 nitrogen and oxygen atoms in total. The number of aliphatic carboxylic acids is 1. The number of rotatable bonds is 3. The molecule has 0 amide bonds. The van der Waals surface area contributed by atoms with Crippen LogP contribution in [0.2, 0.25) is 0 Å². The predicted octanol–water partition coefficient (Wildman–Crippen LogP) is 4.43. The molecule has 0 saturated heterocycles. The maximum atomic E-state index is 9.62. The fraction of sp³-hybridized carbons (Fsp3) is 0.158. The zero-order valence-corrected chi connectivity index (χ0v) is 15.0. The maximum Gasteiger partial charge on any atom is 0.316 e. The van der Waals surface area contributed by atoms with E-state index in [0.29, 0.717) is 0 Å². The van der Waals surface area contributed by atoms with E-state index in [4.69, 9.17) is 14.3 Å². The van der Waals surface area contributed by atoms with Crippen molar-refractivity contribution in [1.82, 2.24) is 4.98 Å². The van der Waals surface area contributed by atoms with Crippen LogP contribution < -0.4 is 4.74 Å². The van der Waals surface area contributed by atoms with Gasteiger partial charge in [-0.1, -0.05) is 48.5 Å². The number of ether oxygens (including phenoxy) is 1. The summed E-state index contributed by atoms with van der Waals surface area (Å²) in [4.78, 5) is 13.6. The summed E-state index contributed by atoms with van der Waals surface area (Å²) >= 11 is 3.59. The Kier molecular flexibility index (Phi) is 9.55. The Balaban J connectivity index is 0.000000199. The highest BCUT2D eigenvalue weighted by atomic mass is 32.1. The number of carboxylic acid groups (broad SMARTS) is 1. The predicted molar refractivity (Wildman–Crippen MR) is 101 cm³/mol. The zero-order chi connectivity index (χ0) is 18.5. The number of hydrogen-bond donors (Lipinski definition) is 2. The second-order valence-corrected chi connectivity index (χ2v) is 5.55. The van der Waals surface area contributed by atoms with E-state index in [9.17, 15) is 4.79 Å². The van der Waals surface area contributed by atoms with Gasteiger partial charge in [0.2, 0.25) is 0 Å². The maximum absolute atomic E-state index is 9.62. The van der Waals surface area contributed by atoms with Crippen LogP contribution in [0.25, 0.3) is 11.3 Å². The van der Waals surface area contributed by atoms with E-state index >= 15 is 0 Å². The summed E-state index contributed by atoms with van der Waals surface area (Å²) in [6.45, 7) is 1.51. The van der Waals surface area contributed by atoms with E-state index in [0.717, 1.165) is 17.0 Å². The van der Waals surface area contributed by atoms with Crippen molar-refractivity contribution in [3.63, 3.8) is 0 Å². The molecule has 0 bridgehead atoms. The van der Waals surface area contributed by atoms with Crippen molar-refractivity contribution in [2.45, 2.75) is 12.2 Å². The number of carbonyl (C=O) groups is 1. The fourth-order valence-corrected chi connectivity index (χ4v) is 1.52. The van der Waals surface area contributed by atoms with Crippen LogP contribution in [-0.4, -0.2) is 28.4 Å². The molecule has 1 atom stereocenters. The number of nitrogens with zero attached hydrogens (tertiary/aromatic N) is 1. The standard InChI is InChI=1S/C9H7NO.C7H8O.C3H6O2S/c1-2-4-8(5-3-1)9-6-11-7-10-9;1-8-7-5-3-2-4-6-7;1-2(6)3(4)5/h1-7H;2-6H,1H3;2,6H,1H3,(H,4,5). The Morgan fingerprint density at radius 1 is 1.12 bits per heavy atom. The molecule has 3 aromatic rings. The molecule has 132 valence electrons. The molecule has 0 radical (unpaired) electrons. The minimum absolute atomic E-state index is 0.537. The molecule has 1 N–H and O–H groups in total. The molecular formula is C19H21NO4S. The number of carboxylic acids is 1. The van der Waals surface area contributed by atoms with E-state index in [1.54, 1.807) is 13.4 Å². The van der Waals surface area contributed by atoms with E-state index in [2.05, 4.69) is 17.6 Å². The Morgan fingerprint density at radius 2 is 1.64 bits per heavy atom. The van der Waals surface area contributed by atoms with Gasteiger partial charge in [-0.05, 0) is 19.1 Å². The van der Waals surface area contributed by atoms with Gasteiger partial charge in [-0.3, -0.25) is 4.79 Å². The van der Waals surface area contributed by atoms with Crippen LogP contribution in [0.1, 0.15) is 6.92 Å². The normalized spacial score (nSPS) is 10.4. The van der Waals surface area contributed by atoms with Crippen molar-refractivity contribution in [2.24, 2.45) is 0 Å². The van der Waals surface area contributed by atoms with E-state index in [1.807, 2.05) is 60.7 Å². The van der Waals surface area contributed by atoms with Crippen molar-refractivity contribution < 1.29 is 19.1 Å². The second kappa shape index (κ2) is 11.8. The average molecular weight is 359 g/mol. The Hall–Kier alpha value is -2.73. The summed E-state index contributed by atoms with van der Waals surface area (Å²) in [5.41, 5.74) is 1.96. The van der Waals surface area contributed by atoms with Crippen molar-refractivity contribution in [1.29, 1.82) is 0 Å². The van der Waals surface area contributed by atoms with Gasteiger partial charge in [0.25, 0.3) is 0 Å². The number of thiol groups is 1. The first-order valence-electron chi connectivity index (χ1n) is 7.48. The molecular weight excluding hydrogens is 338 g/mol. The van der Waals surface area contributed by atoms with Gasteiger partial charge in [-0.15, -0.1) is 0 Å². The molecule has 0 aliphatic carbocycles. The number of benzene rings is 2. The summed E-state index contributed by atoms with van der Waals surface area (Å²) in [6, 6.07) is 19.6. The Labute approximate surface area is 152 Å². The third-order valence-corrected chi connectivity index (χ3v) is 3.06. The van der Waals surface area contributed by atoms with Gasteiger partial charge in [0.05, 0.1) is 12.4 Å². The van der Waals surface area contributed by atoms with Crippen LogP contribution >= 0.6 is 12.6 Å². The topological polar surface area (TPSA) is 72.6 Å². The third kappa shape index (κ3) is 8.62. The van der Waals surface area contributed by atoms with Crippen molar-refractivity contribution >= 4 is 18.6 Å². The summed E-state index contributed by atoms with van der Waals surface area (Å²) in [5, 5.41) is 7.38. The average Bonchev–Trinajstić information content (AvgIpc) is 3.19. The molecule has 1 aromatic heterocycles. The molecule has 0 aliphatic heterocycles. The highest BCUT2D eigenvalue weighted by molar-refractivity contribution is 7.81. The number of oxazole rings is 1. The summed E-state index contributed by atoms with van der Waals surface area (Å²) in [5.74, 6) is 0.0332. The molecule has 0 spiro atoms. The Bertz CT molecular complexity index is 701. The first-order valence-corrected chi connectivity index (χ1v) is 7.99. The molecule has 1 unspecified atom stereocenters.